The molecule has 1 atom stereocenters. The molecule has 6 nitrogen and oxygen atoms in total. The van der Waals surface area contributed by atoms with Crippen LogP contribution in [-0.2, 0) is 16.1 Å². The molecule has 1 saturated heterocycles. The molecule has 0 spiro atoms. The van der Waals surface area contributed by atoms with Gasteiger partial charge in [0.25, 0.3) is 5.91 Å². The molecule has 2 rings (SSSR count). The maximum atomic E-state index is 12.2. The molecule has 26 heavy (non-hydrogen) atoms. The summed E-state index contributed by atoms with van der Waals surface area (Å²) in [6, 6.07) is 7.86. The van der Waals surface area contributed by atoms with Crippen molar-refractivity contribution in [3.05, 3.63) is 29.8 Å². The van der Waals surface area contributed by atoms with Crippen LogP contribution in [0.1, 0.15) is 51.0 Å². The molecule has 1 aliphatic rings. The normalized spacial score (nSPS) is 17.2. The number of ether oxygens (including phenoxy) is 1. The topological polar surface area (TPSA) is 74.8 Å². The van der Waals surface area contributed by atoms with Crippen molar-refractivity contribution in [3.63, 3.8) is 0 Å². The summed E-state index contributed by atoms with van der Waals surface area (Å²) in [6.07, 6.45) is 6.35. The Bertz CT molecular complexity index is 583. The summed E-state index contributed by atoms with van der Waals surface area (Å²) in [4.78, 5) is 16.4. The number of carbonyl (C=O) groups is 1. The molecule has 0 radical (unpaired) electrons. The molecular formula is C20H32N4O2. The smallest absolute Gasteiger partial charge is 0.253 e. The first-order valence-corrected chi connectivity index (χ1v) is 9.69. The number of unbranched alkanes of at least 4 members (excludes halogenated alkanes) is 3. The number of rotatable bonds is 9. The van der Waals surface area contributed by atoms with Crippen LogP contribution in [0.4, 0.5) is 5.69 Å². The van der Waals surface area contributed by atoms with Crippen molar-refractivity contribution in [2.24, 2.45) is 4.99 Å². The lowest BCUT2D eigenvalue weighted by Crippen LogP contribution is -2.37. The maximum absolute atomic E-state index is 12.2. The van der Waals surface area contributed by atoms with Gasteiger partial charge in [-0.1, -0.05) is 38.3 Å². The van der Waals surface area contributed by atoms with Gasteiger partial charge in [0.15, 0.2) is 5.96 Å². The second-order valence-corrected chi connectivity index (χ2v) is 6.60. The van der Waals surface area contributed by atoms with Crippen LogP contribution >= 0.6 is 0 Å². The number of amides is 1. The van der Waals surface area contributed by atoms with Gasteiger partial charge in [-0.2, -0.15) is 0 Å². The van der Waals surface area contributed by atoms with Gasteiger partial charge in [-0.25, -0.2) is 0 Å². The molecular weight excluding hydrogens is 328 g/mol. The Morgan fingerprint density at radius 3 is 2.88 bits per heavy atom. The summed E-state index contributed by atoms with van der Waals surface area (Å²) in [7, 11) is 1.78. The number of nitrogens with one attached hydrogen (secondary N) is 3. The molecule has 1 amide bonds. The molecule has 0 bridgehead atoms. The van der Waals surface area contributed by atoms with Crippen LogP contribution in [0.5, 0.6) is 0 Å². The maximum Gasteiger partial charge on any atom is 0.253 e. The van der Waals surface area contributed by atoms with Gasteiger partial charge in [0, 0.05) is 32.4 Å². The lowest BCUT2D eigenvalue weighted by molar-refractivity contribution is -0.124. The monoisotopic (exact) mass is 360 g/mol. The van der Waals surface area contributed by atoms with E-state index in [2.05, 4.69) is 27.9 Å². The van der Waals surface area contributed by atoms with E-state index in [1.807, 2.05) is 24.3 Å². The molecule has 1 aromatic carbocycles. The summed E-state index contributed by atoms with van der Waals surface area (Å²) >= 11 is 0. The zero-order chi connectivity index (χ0) is 18.6. The van der Waals surface area contributed by atoms with Crippen molar-refractivity contribution in [2.75, 3.05) is 25.5 Å². The van der Waals surface area contributed by atoms with E-state index in [0.29, 0.717) is 13.2 Å². The summed E-state index contributed by atoms with van der Waals surface area (Å²) < 4.78 is 5.42. The second-order valence-electron chi connectivity index (χ2n) is 6.60. The van der Waals surface area contributed by atoms with E-state index >= 15 is 0 Å². The Morgan fingerprint density at radius 1 is 1.27 bits per heavy atom. The van der Waals surface area contributed by atoms with Gasteiger partial charge in [-0.15, -0.1) is 0 Å². The lowest BCUT2D eigenvalue weighted by Gasteiger charge is -2.13. The van der Waals surface area contributed by atoms with E-state index in [1.165, 1.54) is 19.3 Å². The second kappa shape index (κ2) is 11.5. The molecule has 1 heterocycles. The predicted molar refractivity (Wildman–Crippen MR) is 106 cm³/mol. The number of carbonyl (C=O) groups excluding carboxylic acids is 1. The standard InChI is InChI=1S/C20H32N4O2/c1-3-4-5-6-12-22-20(21-2)23-15-16-9-7-10-17(14-16)24-19(25)18-11-8-13-26-18/h7,9-10,14,18H,3-6,8,11-13,15H2,1-2H3,(H,24,25)(H2,21,22,23). The summed E-state index contributed by atoms with van der Waals surface area (Å²) in [5.74, 6) is 0.743. The average molecular weight is 361 g/mol. The molecule has 0 aliphatic carbocycles. The molecule has 1 unspecified atom stereocenters. The zero-order valence-electron chi connectivity index (χ0n) is 16.0. The minimum Gasteiger partial charge on any atom is -0.368 e. The van der Waals surface area contributed by atoms with Crippen molar-refractivity contribution >= 4 is 17.6 Å². The van der Waals surface area contributed by atoms with Crippen molar-refractivity contribution in [1.29, 1.82) is 0 Å². The van der Waals surface area contributed by atoms with Gasteiger partial charge in [-0.05, 0) is 37.0 Å². The summed E-state index contributed by atoms with van der Waals surface area (Å²) in [6.45, 7) is 4.47. The molecule has 1 fully saturated rings. The van der Waals surface area contributed by atoms with Crippen molar-refractivity contribution in [3.8, 4) is 0 Å². The van der Waals surface area contributed by atoms with Crippen LogP contribution in [0.25, 0.3) is 0 Å². The molecule has 0 aromatic heterocycles. The van der Waals surface area contributed by atoms with Crippen molar-refractivity contribution in [2.45, 2.75) is 58.1 Å². The third-order valence-corrected chi connectivity index (χ3v) is 4.42. The Balaban J connectivity index is 1.77. The minimum absolute atomic E-state index is 0.0582. The third kappa shape index (κ3) is 7.04. The minimum atomic E-state index is -0.312. The van der Waals surface area contributed by atoms with Crippen LogP contribution in [0, 0.1) is 0 Å². The number of benzene rings is 1. The number of guanidine groups is 1. The van der Waals surface area contributed by atoms with Gasteiger partial charge >= 0.3 is 0 Å². The highest BCUT2D eigenvalue weighted by Crippen LogP contribution is 2.16. The highest BCUT2D eigenvalue weighted by atomic mass is 16.5. The fourth-order valence-corrected chi connectivity index (χ4v) is 2.93. The fraction of sp³-hybridized carbons (Fsp3) is 0.600. The van der Waals surface area contributed by atoms with E-state index in [4.69, 9.17) is 4.74 Å². The van der Waals surface area contributed by atoms with Gasteiger partial charge < -0.3 is 20.7 Å². The Labute approximate surface area is 156 Å². The first kappa shape index (κ1) is 20.2. The quantitative estimate of drug-likeness (QED) is 0.359. The Kier molecular flexibility index (Phi) is 8.96. The van der Waals surface area contributed by atoms with Gasteiger partial charge in [0.2, 0.25) is 0 Å². The molecule has 144 valence electrons. The molecule has 6 heteroatoms. The Morgan fingerprint density at radius 2 is 2.15 bits per heavy atom. The summed E-state index contributed by atoms with van der Waals surface area (Å²) in [5, 5.41) is 9.59. The van der Waals surface area contributed by atoms with Crippen LogP contribution in [0.2, 0.25) is 0 Å². The lowest BCUT2D eigenvalue weighted by atomic mass is 10.2. The number of aliphatic imine (C=N–C) groups is 1. The molecule has 1 aromatic rings. The van der Waals surface area contributed by atoms with Crippen LogP contribution in [-0.4, -0.2) is 38.2 Å². The number of hydrogen-bond acceptors (Lipinski definition) is 3. The first-order chi connectivity index (χ1) is 12.7. The van der Waals surface area contributed by atoms with E-state index in [-0.39, 0.29) is 12.0 Å². The third-order valence-electron chi connectivity index (χ3n) is 4.42. The highest BCUT2D eigenvalue weighted by Gasteiger charge is 2.23. The summed E-state index contributed by atoms with van der Waals surface area (Å²) in [5.41, 5.74) is 1.89. The largest absolute Gasteiger partial charge is 0.368 e. The first-order valence-electron chi connectivity index (χ1n) is 9.69. The zero-order valence-corrected chi connectivity index (χ0v) is 16.0. The number of nitrogens with zero attached hydrogens (tertiary/aromatic N) is 1. The molecule has 3 N–H and O–H groups in total. The fourth-order valence-electron chi connectivity index (χ4n) is 2.93. The van der Waals surface area contributed by atoms with Crippen LogP contribution in [0.15, 0.2) is 29.3 Å². The van der Waals surface area contributed by atoms with E-state index in [1.54, 1.807) is 7.05 Å². The van der Waals surface area contributed by atoms with Crippen molar-refractivity contribution in [1.82, 2.24) is 10.6 Å². The van der Waals surface area contributed by atoms with E-state index < -0.39 is 0 Å². The van der Waals surface area contributed by atoms with Crippen LogP contribution < -0.4 is 16.0 Å². The van der Waals surface area contributed by atoms with Crippen LogP contribution in [0.3, 0.4) is 0 Å². The predicted octanol–water partition coefficient (Wildman–Crippen LogP) is 3.05. The van der Waals surface area contributed by atoms with Gasteiger partial charge in [0.1, 0.15) is 6.10 Å². The number of hydrogen-bond donors (Lipinski definition) is 3. The average Bonchev–Trinajstić information content (AvgIpc) is 3.19. The molecule has 0 saturated carbocycles. The van der Waals surface area contributed by atoms with Gasteiger partial charge in [-0.3, -0.25) is 9.79 Å². The SMILES string of the molecule is CCCCCCNC(=NC)NCc1cccc(NC(=O)C2CCCO2)c1. The molecule has 1 aliphatic heterocycles. The Hall–Kier alpha value is -2.08. The van der Waals surface area contributed by atoms with Gasteiger partial charge in [0.05, 0.1) is 0 Å². The number of anilines is 1. The van der Waals surface area contributed by atoms with E-state index in [9.17, 15) is 4.79 Å². The van der Waals surface area contributed by atoms with E-state index in [0.717, 1.165) is 43.0 Å². The highest BCUT2D eigenvalue weighted by molar-refractivity contribution is 5.94. The van der Waals surface area contributed by atoms with Crippen molar-refractivity contribution < 1.29 is 9.53 Å².